The Hall–Kier alpha value is -2.82. The van der Waals surface area contributed by atoms with E-state index in [1.807, 2.05) is 0 Å². The number of benzene rings is 2. The lowest BCUT2D eigenvalue weighted by Crippen LogP contribution is -2.13. The Morgan fingerprint density at radius 1 is 0.958 bits per heavy atom. The van der Waals surface area contributed by atoms with Crippen LogP contribution in [0.15, 0.2) is 72.3 Å². The summed E-state index contributed by atoms with van der Waals surface area (Å²) >= 11 is 0. The third-order valence-electron chi connectivity index (χ3n) is 3.23. The Bertz CT molecular complexity index is 745. The van der Waals surface area contributed by atoms with E-state index in [-0.39, 0.29) is 11.1 Å². The van der Waals surface area contributed by atoms with E-state index in [9.17, 15) is 18.0 Å². The first-order valence-corrected chi connectivity index (χ1v) is 7.11. The molecule has 0 atom stereocenters. The average Bonchev–Trinajstić information content (AvgIpc) is 2.58. The van der Waals surface area contributed by atoms with Crippen molar-refractivity contribution in [1.29, 1.82) is 0 Å². The first-order valence-electron chi connectivity index (χ1n) is 7.11. The van der Waals surface area contributed by atoms with Crippen molar-refractivity contribution in [3.8, 4) is 0 Å². The number of hydrogen-bond donors (Lipinski definition) is 0. The van der Waals surface area contributed by atoms with E-state index >= 15 is 0 Å². The number of esters is 1. The minimum absolute atomic E-state index is 0.0205. The van der Waals surface area contributed by atoms with Crippen LogP contribution in [-0.2, 0) is 9.53 Å². The highest BCUT2D eigenvalue weighted by Crippen LogP contribution is 2.35. The fraction of sp³-hybridized carbons (Fsp3) is 0.105. The molecule has 124 valence electrons. The van der Waals surface area contributed by atoms with Crippen molar-refractivity contribution in [2.24, 2.45) is 0 Å². The SMILES string of the molecule is COC(=O)C(=C/c1ccccc1)/C=C(\c1ccccc1)C(F)(F)F. The van der Waals surface area contributed by atoms with Gasteiger partial charge in [-0.05, 0) is 23.3 Å². The van der Waals surface area contributed by atoms with Crippen molar-refractivity contribution >= 4 is 17.6 Å². The fourth-order valence-corrected chi connectivity index (χ4v) is 2.11. The summed E-state index contributed by atoms with van der Waals surface area (Å²) in [6.07, 6.45) is -2.43. The number of allylic oxidation sites excluding steroid dienone is 1. The number of halogens is 3. The quantitative estimate of drug-likeness (QED) is 0.453. The maximum Gasteiger partial charge on any atom is 0.417 e. The lowest BCUT2D eigenvalue weighted by Gasteiger charge is -2.13. The zero-order valence-electron chi connectivity index (χ0n) is 12.9. The number of hydrogen-bond acceptors (Lipinski definition) is 2. The van der Waals surface area contributed by atoms with Crippen molar-refractivity contribution < 1.29 is 22.7 Å². The summed E-state index contributed by atoms with van der Waals surface area (Å²) in [6, 6.07) is 15.9. The van der Waals surface area contributed by atoms with Crippen molar-refractivity contribution in [2.75, 3.05) is 7.11 Å². The smallest absolute Gasteiger partial charge is 0.417 e. The van der Waals surface area contributed by atoms with Crippen LogP contribution < -0.4 is 0 Å². The van der Waals surface area contributed by atoms with Crippen LogP contribution in [0.3, 0.4) is 0 Å². The number of alkyl halides is 3. The van der Waals surface area contributed by atoms with Crippen LogP contribution in [0.4, 0.5) is 13.2 Å². The Balaban J connectivity index is 2.57. The molecule has 0 aliphatic carbocycles. The normalized spacial score (nSPS) is 12.8. The topological polar surface area (TPSA) is 26.3 Å². The maximum atomic E-state index is 13.4. The van der Waals surface area contributed by atoms with Gasteiger partial charge in [-0.1, -0.05) is 60.7 Å². The summed E-state index contributed by atoms with van der Waals surface area (Å²) in [5.41, 5.74) is -0.507. The third-order valence-corrected chi connectivity index (χ3v) is 3.23. The molecule has 2 aromatic carbocycles. The third kappa shape index (κ3) is 4.59. The van der Waals surface area contributed by atoms with Crippen molar-refractivity contribution in [2.45, 2.75) is 6.18 Å². The summed E-state index contributed by atoms with van der Waals surface area (Å²) in [4.78, 5) is 11.9. The minimum Gasteiger partial charge on any atom is -0.465 e. The Morgan fingerprint density at radius 2 is 1.50 bits per heavy atom. The number of carbonyl (C=O) groups is 1. The molecule has 0 N–H and O–H groups in total. The summed E-state index contributed by atoms with van der Waals surface area (Å²) in [5, 5.41) is 0. The first-order chi connectivity index (χ1) is 11.4. The van der Waals surface area contributed by atoms with Crippen LogP contribution in [0.5, 0.6) is 0 Å². The molecule has 0 saturated heterocycles. The van der Waals surface area contributed by atoms with Gasteiger partial charge in [0.15, 0.2) is 0 Å². The van der Waals surface area contributed by atoms with Gasteiger partial charge in [0, 0.05) is 0 Å². The van der Waals surface area contributed by atoms with Gasteiger partial charge in [-0.3, -0.25) is 0 Å². The van der Waals surface area contributed by atoms with Crippen LogP contribution >= 0.6 is 0 Å². The molecule has 2 rings (SSSR count). The van der Waals surface area contributed by atoms with Gasteiger partial charge >= 0.3 is 12.1 Å². The monoisotopic (exact) mass is 332 g/mol. The highest BCUT2D eigenvalue weighted by atomic mass is 19.4. The molecular weight excluding hydrogens is 317 g/mol. The number of methoxy groups -OCH3 is 1. The molecule has 24 heavy (non-hydrogen) atoms. The zero-order valence-corrected chi connectivity index (χ0v) is 12.9. The van der Waals surface area contributed by atoms with Crippen molar-refractivity contribution in [1.82, 2.24) is 0 Å². The largest absolute Gasteiger partial charge is 0.465 e. The van der Waals surface area contributed by atoms with E-state index in [1.54, 1.807) is 36.4 Å². The summed E-state index contributed by atoms with van der Waals surface area (Å²) in [7, 11) is 1.13. The van der Waals surface area contributed by atoms with Crippen LogP contribution in [0.1, 0.15) is 11.1 Å². The number of ether oxygens (including phenoxy) is 1. The van der Waals surface area contributed by atoms with E-state index in [4.69, 9.17) is 0 Å². The molecule has 0 aromatic heterocycles. The van der Waals surface area contributed by atoms with E-state index in [1.165, 1.54) is 30.3 Å². The zero-order chi connectivity index (χ0) is 17.6. The van der Waals surface area contributed by atoms with Gasteiger partial charge in [0.25, 0.3) is 0 Å². The molecule has 0 unspecified atom stereocenters. The highest BCUT2D eigenvalue weighted by molar-refractivity contribution is 5.99. The highest BCUT2D eigenvalue weighted by Gasteiger charge is 2.35. The van der Waals surface area contributed by atoms with E-state index < -0.39 is 17.7 Å². The van der Waals surface area contributed by atoms with Crippen LogP contribution in [-0.4, -0.2) is 19.3 Å². The van der Waals surface area contributed by atoms with E-state index in [0.29, 0.717) is 5.56 Å². The lowest BCUT2D eigenvalue weighted by molar-refractivity contribution is -0.135. The average molecular weight is 332 g/mol. The van der Waals surface area contributed by atoms with E-state index in [0.717, 1.165) is 13.2 Å². The predicted octanol–water partition coefficient (Wildman–Crippen LogP) is 4.89. The molecule has 0 fully saturated rings. The summed E-state index contributed by atoms with van der Waals surface area (Å²) in [5.74, 6) is -0.837. The molecule has 0 radical (unpaired) electrons. The standard InChI is InChI=1S/C19H15F3O2/c1-24-18(23)16(12-14-8-4-2-5-9-14)13-17(19(20,21)22)15-10-6-3-7-11-15/h2-13H,1H3/b16-12+,17-13+. The molecule has 2 aromatic rings. The first kappa shape index (κ1) is 17.5. The molecular formula is C19H15F3O2. The molecule has 2 nitrogen and oxygen atoms in total. The van der Waals surface area contributed by atoms with Gasteiger partial charge in [-0.15, -0.1) is 0 Å². The number of rotatable bonds is 4. The van der Waals surface area contributed by atoms with Crippen LogP contribution in [0.2, 0.25) is 0 Å². The van der Waals surface area contributed by atoms with E-state index in [2.05, 4.69) is 4.74 Å². The molecule has 0 aliphatic rings. The Kier molecular flexibility index (Phi) is 5.58. The Labute approximate surface area is 137 Å². The maximum absolute atomic E-state index is 13.4. The second kappa shape index (κ2) is 7.64. The van der Waals surface area contributed by atoms with Crippen molar-refractivity contribution in [3.05, 3.63) is 83.4 Å². The van der Waals surface area contributed by atoms with Gasteiger partial charge in [-0.2, -0.15) is 13.2 Å². The molecule has 5 heteroatoms. The molecule has 0 spiro atoms. The minimum atomic E-state index is -4.61. The second-order valence-electron chi connectivity index (χ2n) is 4.92. The summed E-state index contributed by atoms with van der Waals surface area (Å²) in [6.45, 7) is 0. The van der Waals surface area contributed by atoms with Crippen molar-refractivity contribution in [3.63, 3.8) is 0 Å². The fourth-order valence-electron chi connectivity index (χ4n) is 2.11. The molecule has 0 heterocycles. The molecule has 0 amide bonds. The second-order valence-corrected chi connectivity index (χ2v) is 4.92. The van der Waals surface area contributed by atoms with Crippen LogP contribution in [0.25, 0.3) is 11.6 Å². The Morgan fingerprint density at radius 3 is 2.00 bits per heavy atom. The predicted molar refractivity (Wildman–Crippen MR) is 86.9 cm³/mol. The van der Waals surface area contributed by atoms with Crippen LogP contribution in [0, 0.1) is 0 Å². The van der Waals surface area contributed by atoms with Gasteiger partial charge < -0.3 is 4.74 Å². The number of carbonyl (C=O) groups excluding carboxylic acids is 1. The van der Waals surface area contributed by atoms with Gasteiger partial charge in [0.2, 0.25) is 0 Å². The molecule has 0 bridgehead atoms. The van der Waals surface area contributed by atoms with Gasteiger partial charge in [0.05, 0.1) is 18.3 Å². The van der Waals surface area contributed by atoms with Gasteiger partial charge in [0.1, 0.15) is 0 Å². The molecule has 0 aliphatic heterocycles. The van der Waals surface area contributed by atoms with Gasteiger partial charge in [-0.25, -0.2) is 4.79 Å². The summed E-state index contributed by atoms with van der Waals surface area (Å²) < 4.78 is 44.9. The molecule has 0 saturated carbocycles. The lowest BCUT2D eigenvalue weighted by atomic mass is 10.0.